The number of aromatic nitrogens is 2. The Labute approximate surface area is 165 Å². The number of hydrogen-bond donors (Lipinski definition) is 1. The van der Waals surface area contributed by atoms with Gasteiger partial charge in [0.25, 0.3) is 0 Å². The molecule has 0 bridgehead atoms. The van der Waals surface area contributed by atoms with Crippen LogP contribution in [0.15, 0.2) is 35.2 Å². The Morgan fingerprint density at radius 1 is 1.37 bits per heavy atom. The summed E-state index contributed by atoms with van der Waals surface area (Å²) in [6.07, 6.45) is 2.97. The number of carbonyl (C=O) groups is 1. The van der Waals surface area contributed by atoms with Gasteiger partial charge in [0.15, 0.2) is 9.84 Å². The third-order valence-corrected chi connectivity index (χ3v) is 6.02. The van der Waals surface area contributed by atoms with E-state index in [1.54, 1.807) is 29.8 Å². The van der Waals surface area contributed by atoms with Gasteiger partial charge in [0, 0.05) is 23.9 Å². The number of nitrogens with zero attached hydrogens (tertiary/aromatic N) is 2. The minimum Gasteiger partial charge on any atom is -0.322 e. The maximum atomic E-state index is 12.2. The normalized spacial score (nSPS) is 12.1. The van der Waals surface area contributed by atoms with Crippen molar-refractivity contribution in [2.75, 3.05) is 11.1 Å². The van der Waals surface area contributed by atoms with Gasteiger partial charge >= 0.3 is 0 Å². The number of carbonyl (C=O) groups excluding carboxylic acids is 1. The highest BCUT2D eigenvalue weighted by molar-refractivity contribution is 7.91. The molecule has 0 spiro atoms. The molecule has 0 unspecified atom stereocenters. The van der Waals surface area contributed by atoms with Crippen molar-refractivity contribution in [1.82, 2.24) is 9.78 Å². The van der Waals surface area contributed by atoms with Gasteiger partial charge in [0.1, 0.15) is 5.15 Å². The summed E-state index contributed by atoms with van der Waals surface area (Å²) in [4.78, 5) is 12.4. The van der Waals surface area contributed by atoms with Crippen molar-refractivity contribution in [2.45, 2.75) is 39.1 Å². The molecule has 1 aromatic carbocycles. The van der Waals surface area contributed by atoms with Crippen LogP contribution in [0.1, 0.15) is 32.0 Å². The zero-order chi connectivity index (χ0) is 20.2. The van der Waals surface area contributed by atoms with Crippen LogP contribution in [0.2, 0.25) is 5.15 Å². The van der Waals surface area contributed by atoms with E-state index in [9.17, 15) is 13.2 Å². The van der Waals surface area contributed by atoms with Gasteiger partial charge in [-0.05, 0) is 37.1 Å². The van der Waals surface area contributed by atoms with Gasteiger partial charge in [0.05, 0.1) is 16.3 Å². The number of hydrogen-bond acceptors (Lipinski definition) is 4. The molecule has 1 heterocycles. The van der Waals surface area contributed by atoms with Crippen molar-refractivity contribution >= 4 is 39.1 Å². The predicted molar refractivity (Wildman–Crippen MR) is 109 cm³/mol. The molecule has 6 nitrogen and oxygen atoms in total. The zero-order valence-electron chi connectivity index (χ0n) is 15.9. The number of rotatable bonds is 7. The molecule has 0 saturated heterocycles. The van der Waals surface area contributed by atoms with Crippen LogP contribution in [-0.2, 0) is 21.2 Å². The first-order valence-electron chi connectivity index (χ1n) is 8.68. The molecule has 2 aromatic rings. The SMILES string of the molecule is CCS(=O)(=O)c1cccc(NC(=O)/C=C/c2c(C)nn(CC(C)C)c2Cl)c1. The molecule has 0 aliphatic carbocycles. The first kappa shape index (κ1) is 21.2. The van der Waals surface area contributed by atoms with E-state index >= 15 is 0 Å². The monoisotopic (exact) mass is 409 g/mol. The standard InChI is InChI=1S/C19H24ClN3O3S/c1-5-27(25,26)16-8-6-7-15(11-16)21-18(24)10-9-17-14(4)22-23(19(17)20)12-13(2)3/h6-11,13H,5,12H2,1-4H3,(H,21,24)/b10-9+. The minimum atomic E-state index is -3.33. The number of sulfone groups is 1. The number of halogens is 1. The molecule has 0 atom stereocenters. The summed E-state index contributed by atoms with van der Waals surface area (Å²) in [5.41, 5.74) is 1.84. The number of benzene rings is 1. The number of aryl methyl sites for hydroxylation is 1. The van der Waals surface area contributed by atoms with Crippen molar-refractivity contribution in [3.8, 4) is 0 Å². The van der Waals surface area contributed by atoms with E-state index in [2.05, 4.69) is 24.3 Å². The van der Waals surface area contributed by atoms with Gasteiger partial charge in [-0.15, -0.1) is 0 Å². The predicted octanol–water partition coefficient (Wildman–Crippen LogP) is 3.95. The fourth-order valence-electron chi connectivity index (χ4n) is 2.50. The molecule has 0 fully saturated rings. The van der Waals surface area contributed by atoms with Crippen LogP contribution in [0.25, 0.3) is 6.08 Å². The van der Waals surface area contributed by atoms with Crippen molar-refractivity contribution in [2.24, 2.45) is 5.92 Å². The van der Waals surface area contributed by atoms with E-state index < -0.39 is 9.84 Å². The maximum absolute atomic E-state index is 12.2. The van der Waals surface area contributed by atoms with E-state index in [4.69, 9.17) is 11.6 Å². The average molecular weight is 410 g/mol. The smallest absolute Gasteiger partial charge is 0.248 e. The highest BCUT2D eigenvalue weighted by atomic mass is 35.5. The quantitative estimate of drug-likeness (QED) is 0.702. The van der Waals surface area contributed by atoms with Gasteiger partial charge < -0.3 is 5.32 Å². The highest BCUT2D eigenvalue weighted by Crippen LogP contribution is 2.22. The van der Waals surface area contributed by atoms with Crippen LogP contribution in [0.3, 0.4) is 0 Å². The number of nitrogens with one attached hydrogen (secondary N) is 1. The molecule has 146 valence electrons. The summed E-state index contributed by atoms with van der Waals surface area (Å²) in [7, 11) is -3.33. The first-order valence-corrected chi connectivity index (χ1v) is 10.7. The summed E-state index contributed by atoms with van der Waals surface area (Å²) in [6.45, 7) is 8.25. The molecule has 0 saturated carbocycles. The fourth-order valence-corrected chi connectivity index (χ4v) is 3.73. The summed E-state index contributed by atoms with van der Waals surface area (Å²) in [6, 6.07) is 6.19. The molecule has 0 aliphatic rings. The Morgan fingerprint density at radius 3 is 2.70 bits per heavy atom. The Bertz CT molecular complexity index is 963. The minimum absolute atomic E-state index is 0.00243. The average Bonchev–Trinajstić information content (AvgIpc) is 2.86. The lowest BCUT2D eigenvalue weighted by atomic mass is 10.2. The second-order valence-electron chi connectivity index (χ2n) is 6.62. The molecular weight excluding hydrogens is 386 g/mol. The largest absolute Gasteiger partial charge is 0.322 e. The van der Waals surface area contributed by atoms with Gasteiger partial charge in [-0.25, -0.2) is 8.42 Å². The van der Waals surface area contributed by atoms with Gasteiger partial charge in [0.2, 0.25) is 5.91 Å². The Balaban J connectivity index is 2.15. The summed E-state index contributed by atoms with van der Waals surface area (Å²) < 4.78 is 25.6. The maximum Gasteiger partial charge on any atom is 0.248 e. The lowest BCUT2D eigenvalue weighted by molar-refractivity contribution is -0.111. The lowest BCUT2D eigenvalue weighted by Crippen LogP contribution is -2.09. The molecule has 8 heteroatoms. The first-order chi connectivity index (χ1) is 12.6. The van der Waals surface area contributed by atoms with Crippen LogP contribution in [0.4, 0.5) is 5.69 Å². The van der Waals surface area contributed by atoms with Crippen LogP contribution < -0.4 is 5.32 Å². The number of anilines is 1. The molecule has 0 aliphatic heterocycles. The molecule has 0 radical (unpaired) electrons. The van der Waals surface area contributed by atoms with Crippen molar-refractivity contribution < 1.29 is 13.2 Å². The van der Waals surface area contributed by atoms with Gasteiger partial charge in [-0.1, -0.05) is 38.4 Å². The number of amides is 1. The second-order valence-corrected chi connectivity index (χ2v) is 9.26. The molecular formula is C19H24ClN3O3S. The molecule has 27 heavy (non-hydrogen) atoms. The Kier molecular flexibility index (Phi) is 6.84. The molecule has 1 N–H and O–H groups in total. The molecule has 1 amide bonds. The van der Waals surface area contributed by atoms with E-state index in [-0.39, 0.29) is 16.6 Å². The lowest BCUT2D eigenvalue weighted by Gasteiger charge is -2.06. The molecule has 1 aromatic heterocycles. The highest BCUT2D eigenvalue weighted by Gasteiger charge is 2.13. The summed E-state index contributed by atoms with van der Waals surface area (Å²) in [5, 5.41) is 7.55. The summed E-state index contributed by atoms with van der Waals surface area (Å²) in [5.74, 6) is 0.0179. The third kappa shape index (κ3) is 5.43. The summed E-state index contributed by atoms with van der Waals surface area (Å²) >= 11 is 6.36. The Morgan fingerprint density at radius 2 is 2.07 bits per heavy atom. The van der Waals surface area contributed by atoms with Gasteiger partial charge in [-0.2, -0.15) is 5.10 Å². The van der Waals surface area contributed by atoms with E-state index in [1.165, 1.54) is 18.2 Å². The van der Waals surface area contributed by atoms with Crippen molar-refractivity contribution in [1.29, 1.82) is 0 Å². The van der Waals surface area contributed by atoms with Crippen LogP contribution in [0, 0.1) is 12.8 Å². The van der Waals surface area contributed by atoms with E-state index in [0.29, 0.717) is 28.9 Å². The van der Waals surface area contributed by atoms with E-state index in [1.807, 2.05) is 6.92 Å². The van der Waals surface area contributed by atoms with Crippen molar-refractivity contribution in [3.05, 3.63) is 46.8 Å². The van der Waals surface area contributed by atoms with Gasteiger partial charge in [-0.3, -0.25) is 9.48 Å². The zero-order valence-corrected chi connectivity index (χ0v) is 17.4. The fraction of sp³-hybridized carbons (Fsp3) is 0.368. The van der Waals surface area contributed by atoms with Crippen LogP contribution >= 0.6 is 11.6 Å². The van der Waals surface area contributed by atoms with Crippen LogP contribution in [-0.4, -0.2) is 29.9 Å². The van der Waals surface area contributed by atoms with Crippen LogP contribution in [0.5, 0.6) is 0 Å². The Hall–Kier alpha value is -2.12. The molecule has 2 rings (SSSR count). The van der Waals surface area contributed by atoms with Crippen molar-refractivity contribution in [3.63, 3.8) is 0 Å². The second kappa shape index (κ2) is 8.71. The topological polar surface area (TPSA) is 81.1 Å². The third-order valence-electron chi connectivity index (χ3n) is 3.89. The van der Waals surface area contributed by atoms with E-state index in [0.717, 1.165) is 5.69 Å².